The van der Waals surface area contributed by atoms with Crippen molar-refractivity contribution in [2.24, 2.45) is 0 Å². The summed E-state index contributed by atoms with van der Waals surface area (Å²) >= 11 is 0. The Kier molecular flexibility index (Phi) is 4.09. The summed E-state index contributed by atoms with van der Waals surface area (Å²) < 4.78 is 25.9. The quantitative estimate of drug-likeness (QED) is 0.691. The Morgan fingerprint density at radius 3 is 2.57 bits per heavy atom. The molecule has 0 bridgehead atoms. The molecule has 0 heterocycles. The van der Waals surface area contributed by atoms with Crippen LogP contribution in [0.15, 0.2) is 36.4 Å². The normalized spacial score (nSPS) is 9.95. The molecular formula is C14H9F2N3O2. The van der Waals surface area contributed by atoms with Crippen LogP contribution in [0.25, 0.3) is 0 Å². The number of nitrogens with one attached hydrogen (secondary N) is 1. The van der Waals surface area contributed by atoms with Gasteiger partial charge >= 0.3 is 0 Å². The molecule has 0 radical (unpaired) electrons. The average molecular weight is 289 g/mol. The van der Waals surface area contributed by atoms with Gasteiger partial charge in [0.15, 0.2) is 11.6 Å². The number of rotatable bonds is 4. The minimum atomic E-state index is -0.991. The second-order valence-corrected chi connectivity index (χ2v) is 4.20. The van der Waals surface area contributed by atoms with Gasteiger partial charge in [-0.25, -0.2) is 8.78 Å². The lowest BCUT2D eigenvalue weighted by molar-refractivity contribution is -0.384. The van der Waals surface area contributed by atoms with E-state index in [9.17, 15) is 18.9 Å². The van der Waals surface area contributed by atoms with Gasteiger partial charge < -0.3 is 5.32 Å². The summed E-state index contributed by atoms with van der Waals surface area (Å²) in [4.78, 5) is 10.3. The van der Waals surface area contributed by atoms with Crippen molar-refractivity contribution < 1.29 is 13.7 Å². The zero-order valence-corrected chi connectivity index (χ0v) is 10.6. The standard InChI is InChI=1S/C14H9F2N3O2/c15-11-3-1-10(5-12(11)16)8-18-13-6-9(7-17)2-4-14(13)19(20)21/h1-6,18H,8H2. The number of anilines is 1. The Morgan fingerprint density at radius 2 is 1.95 bits per heavy atom. The zero-order chi connectivity index (χ0) is 15.4. The Hall–Kier alpha value is -3.01. The van der Waals surface area contributed by atoms with Gasteiger partial charge in [-0.1, -0.05) is 6.07 Å². The number of benzene rings is 2. The number of nitriles is 1. The van der Waals surface area contributed by atoms with Crippen molar-refractivity contribution in [1.82, 2.24) is 0 Å². The summed E-state index contributed by atoms with van der Waals surface area (Å²) in [6.07, 6.45) is 0. The minimum absolute atomic E-state index is 0.0624. The van der Waals surface area contributed by atoms with E-state index in [4.69, 9.17) is 5.26 Å². The molecule has 0 spiro atoms. The first-order chi connectivity index (χ1) is 10.0. The predicted octanol–water partition coefficient (Wildman–Crippen LogP) is 3.36. The van der Waals surface area contributed by atoms with Gasteiger partial charge in [0, 0.05) is 12.6 Å². The first-order valence-electron chi connectivity index (χ1n) is 5.87. The fourth-order valence-electron chi connectivity index (χ4n) is 1.75. The van der Waals surface area contributed by atoms with Crippen molar-refractivity contribution in [2.75, 3.05) is 5.32 Å². The van der Waals surface area contributed by atoms with E-state index in [0.717, 1.165) is 12.1 Å². The first-order valence-corrected chi connectivity index (χ1v) is 5.87. The van der Waals surface area contributed by atoms with E-state index in [1.165, 1.54) is 24.3 Å². The first kappa shape index (κ1) is 14.4. The Balaban J connectivity index is 2.24. The van der Waals surface area contributed by atoms with Crippen molar-refractivity contribution in [3.8, 4) is 6.07 Å². The molecule has 0 amide bonds. The number of nitro groups is 1. The molecule has 0 aromatic heterocycles. The molecule has 0 aliphatic rings. The third-order valence-electron chi connectivity index (χ3n) is 2.79. The average Bonchev–Trinajstić information content (AvgIpc) is 2.48. The highest BCUT2D eigenvalue weighted by atomic mass is 19.2. The lowest BCUT2D eigenvalue weighted by Gasteiger charge is -2.08. The van der Waals surface area contributed by atoms with E-state index >= 15 is 0 Å². The van der Waals surface area contributed by atoms with E-state index in [1.807, 2.05) is 6.07 Å². The highest BCUT2D eigenvalue weighted by Crippen LogP contribution is 2.26. The molecule has 0 saturated carbocycles. The number of nitrogens with zero attached hydrogens (tertiary/aromatic N) is 2. The van der Waals surface area contributed by atoms with Gasteiger partial charge in [0.05, 0.1) is 16.6 Å². The van der Waals surface area contributed by atoms with Crippen molar-refractivity contribution in [3.63, 3.8) is 0 Å². The second-order valence-electron chi connectivity index (χ2n) is 4.20. The van der Waals surface area contributed by atoms with E-state index < -0.39 is 16.6 Å². The van der Waals surface area contributed by atoms with Gasteiger partial charge in [0.2, 0.25) is 0 Å². The molecule has 0 unspecified atom stereocenters. The third-order valence-corrected chi connectivity index (χ3v) is 2.79. The smallest absolute Gasteiger partial charge is 0.292 e. The Bertz CT molecular complexity index is 741. The highest BCUT2D eigenvalue weighted by Gasteiger charge is 2.14. The summed E-state index contributed by atoms with van der Waals surface area (Å²) in [5.41, 5.74) is 0.624. The van der Waals surface area contributed by atoms with Gasteiger partial charge in [-0.05, 0) is 29.8 Å². The van der Waals surface area contributed by atoms with Gasteiger partial charge in [0.1, 0.15) is 5.69 Å². The fraction of sp³-hybridized carbons (Fsp3) is 0.0714. The van der Waals surface area contributed by atoms with Gasteiger partial charge in [0.25, 0.3) is 5.69 Å². The zero-order valence-electron chi connectivity index (χ0n) is 10.6. The van der Waals surface area contributed by atoms with Crippen molar-refractivity contribution in [3.05, 3.63) is 69.3 Å². The lowest BCUT2D eigenvalue weighted by atomic mass is 10.1. The van der Waals surface area contributed by atoms with Crippen LogP contribution >= 0.6 is 0 Å². The second kappa shape index (κ2) is 5.96. The summed E-state index contributed by atoms with van der Waals surface area (Å²) in [6.45, 7) is 0.0624. The molecule has 2 rings (SSSR count). The van der Waals surface area contributed by atoms with Gasteiger partial charge in [-0.2, -0.15) is 5.26 Å². The molecular weight excluding hydrogens is 280 g/mol. The molecule has 0 atom stereocenters. The SMILES string of the molecule is N#Cc1ccc([N+](=O)[O-])c(NCc2ccc(F)c(F)c2)c1. The van der Waals surface area contributed by atoms with E-state index in [-0.39, 0.29) is 23.5 Å². The van der Waals surface area contributed by atoms with Crippen LogP contribution in [0.5, 0.6) is 0 Å². The van der Waals surface area contributed by atoms with Crippen molar-refractivity contribution >= 4 is 11.4 Å². The molecule has 0 aliphatic carbocycles. The number of nitro benzene ring substituents is 1. The number of hydrogen-bond donors (Lipinski definition) is 1. The molecule has 2 aromatic carbocycles. The minimum Gasteiger partial charge on any atom is -0.375 e. The Labute approximate surface area is 118 Å². The van der Waals surface area contributed by atoms with E-state index in [1.54, 1.807) is 0 Å². The van der Waals surface area contributed by atoms with Crippen molar-refractivity contribution in [1.29, 1.82) is 5.26 Å². The van der Waals surface area contributed by atoms with E-state index in [2.05, 4.69) is 5.32 Å². The van der Waals surface area contributed by atoms with Crippen LogP contribution in [-0.2, 0) is 6.54 Å². The molecule has 106 valence electrons. The van der Waals surface area contributed by atoms with Crippen LogP contribution in [0.3, 0.4) is 0 Å². The molecule has 0 aliphatic heterocycles. The molecule has 7 heteroatoms. The van der Waals surface area contributed by atoms with Crippen LogP contribution in [0.4, 0.5) is 20.2 Å². The van der Waals surface area contributed by atoms with Gasteiger partial charge in [-0.3, -0.25) is 10.1 Å². The molecule has 21 heavy (non-hydrogen) atoms. The largest absolute Gasteiger partial charge is 0.375 e. The number of hydrogen-bond acceptors (Lipinski definition) is 4. The summed E-state index contributed by atoms with van der Waals surface area (Å²) in [5, 5.41) is 22.5. The van der Waals surface area contributed by atoms with Crippen LogP contribution < -0.4 is 5.32 Å². The Morgan fingerprint density at radius 1 is 1.19 bits per heavy atom. The topological polar surface area (TPSA) is 79.0 Å². The van der Waals surface area contributed by atoms with E-state index in [0.29, 0.717) is 5.56 Å². The monoisotopic (exact) mass is 289 g/mol. The molecule has 1 N–H and O–H groups in total. The number of halogens is 2. The lowest BCUT2D eigenvalue weighted by Crippen LogP contribution is -2.03. The maximum absolute atomic E-state index is 13.1. The molecule has 0 saturated heterocycles. The molecule has 2 aromatic rings. The molecule has 5 nitrogen and oxygen atoms in total. The van der Waals surface area contributed by atoms with Gasteiger partial charge in [-0.15, -0.1) is 0 Å². The van der Waals surface area contributed by atoms with Crippen LogP contribution in [0, 0.1) is 33.1 Å². The van der Waals surface area contributed by atoms with Crippen molar-refractivity contribution in [2.45, 2.75) is 6.54 Å². The maximum Gasteiger partial charge on any atom is 0.292 e. The summed E-state index contributed by atoms with van der Waals surface area (Å²) in [6, 6.07) is 9.10. The summed E-state index contributed by atoms with van der Waals surface area (Å²) in [5.74, 6) is -1.95. The van der Waals surface area contributed by atoms with Crippen LogP contribution in [0.2, 0.25) is 0 Å². The summed E-state index contributed by atoms with van der Waals surface area (Å²) in [7, 11) is 0. The van der Waals surface area contributed by atoms with Crippen LogP contribution in [-0.4, -0.2) is 4.92 Å². The maximum atomic E-state index is 13.1. The fourth-order valence-corrected chi connectivity index (χ4v) is 1.75. The predicted molar refractivity (Wildman–Crippen MR) is 71.5 cm³/mol. The highest BCUT2D eigenvalue weighted by molar-refractivity contribution is 5.64. The third kappa shape index (κ3) is 3.30. The van der Waals surface area contributed by atoms with Crippen LogP contribution in [0.1, 0.15) is 11.1 Å². The molecule has 0 fully saturated rings.